The van der Waals surface area contributed by atoms with Crippen molar-refractivity contribution in [2.24, 2.45) is 4.99 Å². The van der Waals surface area contributed by atoms with E-state index < -0.39 is 0 Å². The molecule has 0 amide bonds. The maximum Gasteiger partial charge on any atom is 0.194 e. The summed E-state index contributed by atoms with van der Waals surface area (Å²) in [5.41, 5.74) is 1.29. The van der Waals surface area contributed by atoms with Gasteiger partial charge in [0.05, 0.1) is 12.6 Å². The smallest absolute Gasteiger partial charge is 0.194 e. The highest BCUT2D eigenvalue weighted by molar-refractivity contribution is 5.80. The van der Waals surface area contributed by atoms with E-state index >= 15 is 0 Å². The van der Waals surface area contributed by atoms with Gasteiger partial charge in [-0.05, 0) is 38.3 Å². The fraction of sp³-hybridized carbons (Fsp3) is 0.632. The van der Waals surface area contributed by atoms with Gasteiger partial charge in [0.15, 0.2) is 5.96 Å². The first-order valence-electron chi connectivity index (χ1n) is 9.19. The number of hydrogen-bond acceptors (Lipinski definition) is 3. The van der Waals surface area contributed by atoms with Crippen LogP contribution in [-0.2, 0) is 11.2 Å². The number of likely N-dealkylation sites (tertiary alicyclic amines) is 1. The van der Waals surface area contributed by atoms with Crippen molar-refractivity contribution in [1.82, 2.24) is 10.2 Å². The Morgan fingerprint density at radius 1 is 1.29 bits per heavy atom. The summed E-state index contributed by atoms with van der Waals surface area (Å²) in [6, 6.07) is 8.28. The summed E-state index contributed by atoms with van der Waals surface area (Å²) in [6.07, 6.45) is 3.65. The van der Waals surface area contributed by atoms with Crippen molar-refractivity contribution in [2.45, 2.75) is 45.3 Å². The summed E-state index contributed by atoms with van der Waals surface area (Å²) in [5, 5.41) is 3.42. The van der Waals surface area contributed by atoms with Crippen LogP contribution in [-0.4, -0.2) is 55.9 Å². The highest BCUT2D eigenvalue weighted by atomic mass is 16.5. The molecule has 0 bridgehead atoms. The number of ether oxygens (including phenoxy) is 2. The predicted octanol–water partition coefficient (Wildman–Crippen LogP) is 2.46. The van der Waals surface area contributed by atoms with Crippen molar-refractivity contribution in [3.63, 3.8) is 0 Å². The largest absolute Gasteiger partial charge is 0.488 e. The Kier molecular flexibility index (Phi) is 5.96. The van der Waals surface area contributed by atoms with Crippen LogP contribution in [0.25, 0.3) is 0 Å². The van der Waals surface area contributed by atoms with Crippen LogP contribution in [0.5, 0.6) is 5.75 Å². The topological polar surface area (TPSA) is 46.1 Å². The third kappa shape index (κ3) is 4.20. The van der Waals surface area contributed by atoms with Crippen LogP contribution in [0.4, 0.5) is 0 Å². The zero-order valence-corrected chi connectivity index (χ0v) is 14.8. The molecule has 2 aliphatic rings. The zero-order valence-electron chi connectivity index (χ0n) is 14.8. The Morgan fingerprint density at radius 2 is 2.08 bits per heavy atom. The molecule has 0 aromatic heterocycles. The predicted molar refractivity (Wildman–Crippen MR) is 96.8 cm³/mol. The molecular weight excluding hydrogens is 302 g/mol. The maximum absolute atomic E-state index is 6.00. The first-order chi connectivity index (χ1) is 11.8. The molecule has 0 radical (unpaired) electrons. The lowest BCUT2D eigenvalue weighted by atomic mass is 10.1. The fourth-order valence-electron chi connectivity index (χ4n) is 3.44. The normalized spacial score (nSPS) is 21.5. The maximum atomic E-state index is 6.00. The SMILES string of the molecule is CCNC(=NCC1Cc2ccccc2O1)N1CCC(OCC)CC1. The number of nitrogens with one attached hydrogen (secondary N) is 1. The van der Waals surface area contributed by atoms with E-state index in [9.17, 15) is 0 Å². The molecule has 1 atom stereocenters. The van der Waals surface area contributed by atoms with Gasteiger partial charge in [-0.25, -0.2) is 4.99 Å². The standard InChI is InChI=1S/C19H29N3O2/c1-3-20-19(22-11-9-16(10-12-22)23-4-2)21-14-17-13-15-7-5-6-8-18(15)24-17/h5-8,16-17H,3-4,9-14H2,1-2H3,(H,20,21). The lowest BCUT2D eigenvalue weighted by Gasteiger charge is -2.34. The number of nitrogens with zero attached hydrogens (tertiary/aromatic N) is 2. The van der Waals surface area contributed by atoms with Crippen LogP contribution in [0, 0.1) is 0 Å². The Balaban J connectivity index is 1.55. The second kappa shape index (κ2) is 8.38. The number of para-hydroxylation sites is 1. The van der Waals surface area contributed by atoms with Gasteiger partial charge in [-0.3, -0.25) is 0 Å². The van der Waals surface area contributed by atoms with Crippen LogP contribution in [0.1, 0.15) is 32.3 Å². The molecule has 0 aliphatic carbocycles. The summed E-state index contributed by atoms with van der Waals surface area (Å²) in [7, 11) is 0. The van der Waals surface area contributed by atoms with Gasteiger partial charge in [0.1, 0.15) is 11.9 Å². The molecule has 1 aromatic carbocycles. The van der Waals surface area contributed by atoms with Gasteiger partial charge >= 0.3 is 0 Å². The van der Waals surface area contributed by atoms with Gasteiger partial charge in [-0.15, -0.1) is 0 Å². The van der Waals surface area contributed by atoms with Gasteiger partial charge < -0.3 is 19.7 Å². The molecule has 0 spiro atoms. The van der Waals surface area contributed by atoms with Gasteiger partial charge in [0.2, 0.25) is 0 Å². The molecule has 2 aliphatic heterocycles. The minimum absolute atomic E-state index is 0.150. The van der Waals surface area contributed by atoms with Gasteiger partial charge in [0.25, 0.3) is 0 Å². The van der Waals surface area contributed by atoms with Crippen LogP contribution >= 0.6 is 0 Å². The lowest BCUT2D eigenvalue weighted by molar-refractivity contribution is 0.0263. The van der Waals surface area contributed by atoms with Crippen molar-refractivity contribution in [3.8, 4) is 5.75 Å². The fourth-order valence-corrected chi connectivity index (χ4v) is 3.44. The van der Waals surface area contributed by atoms with E-state index in [4.69, 9.17) is 14.5 Å². The summed E-state index contributed by atoms with van der Waals surface area (Å²) in [6.45, 7) is 8.57. The van der Waals surface area contributed by atoms with E-state index in [1.807, 2.05) is 12.1 Å². The first-order valence-corrected chi connectivity index (χ1v) is 9.19. The Hall–Kier alpha value is -1.75. The molecule has 5 nitrogen and oxygen atoms in total. The van der Waals surface area contributed by atoms with E-state index in [1.54, 1.807) is 0 Å². The molecule has 3 rings (SSSR count). The first kappa shape index (κ1) is 17.1. The van der Waals surface area contributed by atoms with E-state index in [-0.39, 0.29) is 6.10 Å². The van der Waals surface area contributed by atoms with Crippen molar-refractivity contribution < 1.29 is 9.47 Å². The molecule has 1 fully saturated rings. The van der Waals surface area contributed by atoms with Crippen LogP contribution in [0.2, 0.25) is 0 Å². The Bertz CT molecular complexity index is 528. The minimum atomic E-state index is 0.150. The van der Waals surface area contributed by atoms with E-state index in [0.717, 1.165) is 57.2 Å². The second-order valence-corrected chi connectivity index (χ2v) is 6.39. The highest BCUT2D eigenvalue weighted by Gasteiger charge is 2.24. The number of rotatable bonds is 5. The number of benzene rings is 1. The molecule has 1 N–H and O–H groups in total. The molecule has 1 unspecified atom stereocenters. The average Bonchev–Trinajstić information content (AvgIpc) is 3.02. The van der Waals surface area contributed by atoms with E-state index in [1.165, 1.54) is 5.56 Å². The summed E-state index contributed by atoms with van der Waals surface area (Å²) >= 11 is 0. The quantitative estimate of drug-likeness (QED) is 0.665. The molecular formula is C19H29N3O2. The van der Waals surface area contributed by atoms with Gasteiger partial charge in [-0.1, -0.05) is 18.2 Å². The Morgan fingerprint density at radius 3 is 2.79 bits per heavy atom. The van der Waals surface area contributed by atoms with Crippen LogP contribution in [0.3, 0.4) is 0 Å². The van der Waals surface area contributed by atoms with Crippen molar-refractivity contribution in [3.05, 3.63) is 29.8 Å². The number of fused-ring (bicyclic) bond motifs is 1. The van der Waals surface area contributed by atoms with E-state index in [0.29, 0.717) is 12.6 Å². The average molecular weight is 331 g/mol. The van der Waals surface area contributed by atoms with Gasteiger partial charge in [0, 0.05) is 32.7 Å². The molecule has 0 saturated carbocycles. The van der Waals surface area contributed by atoms with Crippen molar-refractivity contribution >= 4 is 5.96 Å². The van der Waals surface area contributed by atoms with Gasteiger partial charge in [-0.2, -0.15) is 0 Å². The second-order valence-electron chi connectivity index (χ2n) is 6.39. The van der Waals surface area contributed by atoms with Crippen LogP contribution in [0.15, 0.2) is 29.3 Å². The Labute approximate surface area is 145 Å². The molecule has 24 heavy (non-hydrogen) atoms. The summed E-state index contributed by atoms with van der Waals surface area (Å²) in [4.78, 5) is 7.19. The monoisotopic (exact) mass is 331 g/mol. The zero-order chi connectivity index (χ0) is 16.8. The molecule has 5 heteroatoms. The molecule has 1 aromatic rings. The number of hydrogen-bond donors (Lipinski definition) is 1. The van der Waals surface area contributed by atoms with E-state index in [2.05, 4.69) is 36.2 Å². The molecule has 2 heterocycles. The third-order valence-corrected chi connectivity index (χ3v) is 4.64. The summed E-state index contributed by atoms with van der Waals surface area (Å²) < 4.78 is 11.7. The number of guanidine groups is 1. The highest BCUT2D eigenvalue weighted by Crippen LogP contribution is 2.28. The number of aliphatic imine (C=N–C) groups is 1. The minimum Gasteiger partial charge on any atom is -0.488 e. The summed E-state index contributed by atoms with van der Waals surface area (Å²) in [5.74, 6) is 2.02. The lowest BCUT2D eigenvalue weighted by Crippen LogP contribution is -2.47. The van der Waals surface area contributed by atoms with Crippen molar-refractivity contribution in [1.29, 1.82) is 0 Å². The van der Waals surface area contributed by atoms with Crippen LogP contribution < -0.4 is 10.1 Å². The third-order valence-electron chi connectivity index (χ3n) is 4.64. The molecule has 132 valence electrons. The van der Waals surface area contributed by atoms with Crippen molar-refractivity contribution in [2.75, 3.05) is 32.8 Å². The molecule has 1 saturated heterocycles. The number of piperidine rings is 1.